The summed E-state index contributed by atoms with van der Waals surface area (Å²) in [5.41, 5.74) is 2.22. The molecule has 0 aliphatic heterocycles. The Labute approximate surface area is 155 Å². The predicted molar refractivity (Wildman–Crippen MR) is 108 cm³/mol. The number of hydrogen-bond donors (Lipinski definition) is 2. The molecule has 0 amide bonds. The molecule has 0 unspecified atom stereocenters. The fourth-order valence-corrected chi connectivity index (χ4v) is 3.66. The van der Waals surface area contributed by atoms with E-state index in [1.54, 1.807) is 0 Å². The highest BCUT2D eigenvalue weighted by molar-refractivity contribution is 5.90. The number of fused-ring (bicyclic) bond motifs is 1. The first-order valence-corrected chi connectivity index (χ1v) is 9.69. The van der Waals surface area contributed by atoms with E-state index in [0.717, 1.165) is 29.2 Å². The number of benzene rings is 2. The number of nitrogens with one attached hydrogen (secondary N) is 2. The Hall–Kier alpha value is -2.62. The average molecular weight is 346 g/mol. The lowest BCUT2D eigenvalue weighted by molar-refractivity contribution is 0.615. The highest BCUT2D eigenvalue weighted by atomic mass is 15.2. The molecule has 4 nitrogen and oxygen atoms in total. The molecule has 3 aromatic rings. The minimum Gasteiger partial charge on any atom is -0.365 e. The van der Waals surface area contributed by atoms with E-state index in [4.69, 9.17) is 9.97 Å². The van der Waals surface area contributed by atoms with Gasteiger partial charge in [0.05, 0.1) is 5.52 Å². The van der Waals surface area contributed by atoms with Crippen molar-refractivity contribution in [2.45, 2.75) is 51.1 Å². The molecular formula is C22H26N4. The molecule has 1 saturated carbocycles. The van der Waals surface area contributed by atoms with Crippen LogP contribution in [0, 0.1) is 0 Å². The summed E-state index contributed by atoms with van der Waals surface area (Å²) in [5, 5.41) is 8.16. The maximum atomic E-state index is 4.81. The summed E-state index contributed by atoms with van der Waals surface area (Å²) in [7, 11) is 0. The highest BCUT2D eigenvalue weighted by Gasteiger charge is 2.14. The molecule has 4 heteroatoms. The first-order valence-electron chi connectivity index (χ1n) is 9.69. The van der Waals surface area contributed by atoms with Crippen LogP contribution in [0.25, 0.3) is 10.9 Å². The minimum absolute atomic E-state index is 0.487. The molecule has 1 heterocycles. The van der Waals surface area contributed by atoms with Crippen molar-refractivity contribution < 1.29 is 0 Å². The predicted octanol–water partition coefficient (Wildman–Crippen LogP) is 5.38. The number of hydrogen-bond acceptors (Lipinski definition) is 4. The fraction of sp³-hybridized carbons (Fsp3) is 0.364. The first kappa shape index (κ1) is 16.8. The van der Waals surface area contributed by atoms with Crippen LogP contribution in [0.4, 0.5) is 11.8 Å². The van der Waals surface area contributed by atoms with E-state index in [1.165, 1.54) is 44.1 Å². The van der Waals surface area contributed by atoms with Crippen molar-refractivity contribution in [3.8, 4) is 0 Å². The number of para-hydroxylation sites is 1. The van der Waals surface area contributed by atoms with Gasteiger partial charge in [-0.2, -0.15) is 4.98 Å². The van der Waals surface area contributed by atoms with Crippen LogP contribution in [0.5, 0.6) is 0 Å². The molecule has 4 rings (SSSR count). The molecule has 1 fully saturated rings. The summed E-state index contributed by atoms with van der Waals surface area (Å²) in [4.78, 5) is 9.56. The van der Waals surface area contributed by atoms with Crippen LogP contribution in [0.15, 0.2) is 54.6 Å². The van der Waals surface area contributed by atoms with Gasteiger partial charge in [0, 0.05) is 18.0 Å². The Morgan fingerprint density at radius 2 is 1.54 bits per heavy atom. The zero-order chi connectivity index (χ0) is 17.6. The first-order chi connectivity index (χ1) is 12.9. The largest absolute Gasteiger partial charge is 0.365 e. The average Bonchev–Trinajstić information content (AvgIpc) is 2.95. The van der Waals surface area contributed by atoms with Gasteiger partial charge in [-0.1, -0.05) is 68.1 Å². The van der Waals surface area contributed by atoms with Crippen molar-refractivity contribution in [3.05, 3.63) is 60.2 Å². The second kappa shape index (κ2) is 8.17. The van der Waals surface area contributed by atoms with E-state index in [-0.39, 0.29) is 0 Å². The van der Waals surface area contributed by atoms with Gasteiger partial charge in [0.2, 0.25) is 5.95 Å². The monoisotopic (exact) mass is 346 g/mol. The molecule has 134 valence electrons. The minimum atomic E-state index is 0.487. The molecule has 1 aromatic heterocycles. The summed E-state index contributed by atoms with van der Waals surface area (Å²) in [6, 6.07) is 19.1. The lowest BCUT2D eigenvalue weighted by Gasteiger charge is -2.18. The second-order valence-electron chi connectivity index (χ2n) is 7.08. The molecule has 0 atom stereocenters. The van der Waals surface area contributed by atoms with Gasteiger partial charge in [-0.05, 0) is 30.5 Å². The van der Waals surface area contributed by atoms with Gasteiger partial charge >= 0.3 is 0 Å². The topological polar surface area (TPSA) is 49.8 Å². The van der Waals surface area contributed by atoms with Crippen LogP contribution in [-0.2, 0) is 6.54 Å². The van der Waals surface area contributed by atoms with Crippen molar-refractivity contribution in [2.24, 2.45) is 0 Å². The third-order valence-corrected chi connectivity index (χ3v) is 5.09. The van der Waals surface area contributed by atoms with Crippen LogP contribution in [0.3, 0.4) is 0 Å². The third kappa shape index (κ3) is 4.13. The molecule has 0 bridgehead atoms. The number of anilines is 2. The lowest BCUT2D eigenvalue weighted by atomic mass is 10.1. The van der Waals surface area contributed by atoms with E-state index >= 15 is 0 Å². The summed E-state index contributed by atoms with van der Waals surface area (Å²) in [6.07, 6.45) is 7.71. The van der Waals surface area contributed by atoms with Crippen LogP contribution < -0.4 is 10.6 Å². The molecule has 1 aliphatic rings. The quantitative estimate of drug-likeness (QED) is 0.609. The SMILES string of the molecule is c1ccc(CNc2nc(NC3CCCCCC3)nc3ccccc23)cc1. The molecule has 2 N–H and O–H groups in total. The lowest BCUT2D eigenvalue weighted by Crippen LogP contribution is -2.20. The van der Waals surface area contributed by atoms with Gasteiger partial charge in [-0.3, -0.25) is 0 Å². The molecular weight excluding hydrogens is 320 g/mol. The smallest absolute Gasteiger partial charge is 0.225 e. The fourth-order valence-electron chi connectivity index (χ4n) is 3.66. The van der Waals surface area contributed by atoms with Gasteiger partial charge in [0.15, 0.2) is 0 Å². The van der Waals surface area contributed by atoms with E-state index < -0.39 is 0 Å². The highest BCUT2D eigenvalue weighted by Crippen LogP contribution is 2.25. The van der Waals surface area contributed by atoms with Crippen LogP contribution in [0.1, 0.15) is 44.1 Å². The summed E-state index contributed by atoms with van der Waals surface area (Å²) in [5.74, 6) is 1.64. The van der Waals surface area contributed by atoms with Crippen molar-refractivity contribution in [3.63, 3.8) is 0 Å². The van der Waals surface area contributed by atoms with Crippen LogP contribution in [0.2, 0.25) is 0 Å². The Morgan fingerprint density at radius 3 is 2.35 bits per heavy atom. The van der Waals surface area contributed by atoms with Crippen LogP contribution in [-0.4, -0.2) is 16.0 Å². The maximum absolute atomic E-state index is 4.81. The molecule has 26 heavy (non-hydrogen) atoms. The van der Waals surface area contributed by atoms with Gasteiger partial charge in [-0.25, -0.2) is 4.98 Å². The zero-order valence-electron chi connectivity index (χ0n) is 15.1. The Morgan fingerprint density at radius 1 is 0.808 bits per heavy atom. The normalized spacial score (nSPS) is 15.5. The van der Waals surface area contributed by atoms with Crippen LogP contribution >= 0.6 is 0 Å². The van der Waals surface area contributed by atoms with Crippen molar-refractivity contribution in [1.29, 1.82) is 0 Å². The van der Waals surface area contributed by atoms with E-state index in [2.05, 4.69) is 47.0 Å². The molecule has 0 radical (unpaired) electrons. The summed E-state index contributed by atoms with van der Waals surface area (Å²) < 4.78 is 0. The van der Waals surface area contributed by atoms with E-state index in [9.17, 15) is 0 Å². The van der Waals surface area contributed by atoms with E-state index in [0.29, 0.717) is 6.04 Å². The van der Waals surface area contributed by atoms with Crippen molar-refractivity contribution >= 4 is 22.7 Å². The molecule has 0 spiro atoms. The Balaban J connectivity index is 1.58. The third-order valence-electron chi connectivity index (χ3n) is 5.09. The van der Waals surface area contributed by atoms with Gasteiger partial charge in [0.1, 0.15) is 5.82 Å². The van der Waals surface area contributed by atoms with Gasteiger partial charge < -0.3 is 10.6 Å². The standard InChI is InChI=1S/C22H26N4/c1-2-7-13-18(12-6-1)24-22-25-20-15-9-8-14-19(20)21(26-22)23-16-17-10-4-3-5-11-17/h3-5,8-11,14-15,18H,1-2,6-7,12-13,16H2,(H2,23,24,25,26). The van der Waals surface area contributed by atoms with Crippen molar-refractivity contribution in [2.75, 3.05) is 10.6 Å². The molecule has 1 aliphatic carbocycles. The second-order valence-corrected chi connectivity index (χ2v) is 7.08. The maximum Gasteiger partial charge on any atom is 0.225 e. The summed E-state index contributed by atoms with van der Waals surface area (Å²) in [6.45, 7) is 0.755. The van der Waals surface area contributed by atoms with Gasteiger partial charge in [0.25, 0.3) is 0 Å². The number of nitrogens with zero attached hydrogens (tertiary/aromatic N) is 2. The van der Waals surface area contributed by atoms with E-state index in [1.807, 2.05) is 18.2 Å². The number of aromatic nitrogens is 2. The van der Waals surface area contributed by atoms with Gasteiger partial charge in [-0.15, -0.1) is 0 Å². The zero-order valence-corrected chi connectivity index (χ0v) is 15.1. The number of rotatable bonds is 5. The Kier molecular flexibility index (Phi) is 5.29. The Bertz CT molecular complexity index is 839. The summed E-state index contributed by atoms with van der Waals surface area (Å²) >= 11 is 0. The molecule has 2 aromatic carbocycles. The van der Waals surface area contributed by atoms with Crippen molar-refractivity contribution in [1.82, 2.24) is 9.97 Å². The molecule has 0 saturated heterocycles.